The van der Waals surface area contributed by atoms with Gasteiger partial charge in [0.1, 0.15) is 0 Å². The summed E-state index contributed by atoms with van der Waals surface area (Å²) in [5.41, 5.74) is 0. The van der Waals surface area contributed by atoms with Gasteiger partial charge in [-0.1, -0.05) is 0 Å². The minimum atomic E-state index is -1.86. The summed E-state index contributed by atoms with van der Waals surface area (Å²) in [7, 11) is 0. The first kappa shape index (κ1) is 6.98. The second-order valence-electron chi connectivity index (χ2n) is 1.58. The Bertz CT molecular complexity index is 233. The van der Waals surface area contributed by atoms with Gasteiger partial charge in [-0.2, -0.15) is 4.39 Å². The van der Waals surface area contributed by atoms with Crippen molar-refractivity contribution in [1.82, 2.24) is 0 Å². The summed E-state index contributed by atoms with van der Waals surface area (Å²) in [6.07, 6.45) is 0.438. The van der Waals surface area contributed by atoms with Gasteiger partial charge in [-0.05, 0) is 0 Å². The first-order valence-electron chi connectivity index (χ1n) is 2.34. The van der Waals surface area contributed by atoms with E-state index in [0.717, 1.165) is 0 Å². The fraction of sp³-hybridized carbons (Fsp3) is 0. The van der Waals surface area contributed by atoms with Crippen LogP contribution in [0.15, 0.2) is 12.3 Å². The van der Waals surface area contributed by atoms with E-state index in [2.05, 4.69) is 0 Å². The molecule has 1 rings (SSSR count). The van der Waals surface area contributed by atoms with Crippen LogP contribution in [0.5, 0.6) is 0 Å². The van der Waals surface area contributed by atoms with Crippen molar-refractivity contribution in [3.63, 3.8) is 0 Å². The number of aromatic nitrogens is 1. The summed E-state index contributed by atoms with van der Waals surface area (Å²) in [5, 5.41) is 0. The van der Waals surface area contributed by atoms with Gasteiger partial charge in [0.2, 0.25) is 6.20 Å². The van der Waals surface area contributed by atoms with Crippen LogP contribution in [-0.4, -0.2) is 0 Å². The van der Waals surface area contributed by atoms with Gasteiger partial charge < -0.3 is 0 Å². The molecule has 54 valence electrons. The Kier molecular flexibility index (Phi) is 1.57. The summed E-state index contributed by atoms with van der Waals surface area (Å²) in [6.45, 7) is 0. The van der Waals surface area contributed by atoms with Crippen LogP contribution in [0.3, 0.4) is 0 Å². The standard InChI is InChI=1S/C5H2F4N/c6-3-1-2-10(9)5(8)4(3)7/h1-2H/q+1. The molecule has 0 fully saturated rings. The second kappa shape index (κ2) is 2.24. The lowest BCUT2D eigenvalue weighted by atomic mass is 10.4. The van der Waals surface area contributed by atoms with Crippen molar-refractivity contribution in [1.29, 1.82) is 0 Å². The lowest BCUT2D eigenvalue weighted by molar-refractivity contribution is -0.866. The highest BCUT2D eigenvalue weighted by molar-refractivity contribution is 4.94. The highest BCUT2D eigenvalue weighted by atomic mass is 19.2. The number of rotatable bonds is 0. The van der Waals surface area contributed by atoms with Crippen LogP contribution in [0, 0.1) is 17.6 Å². The summed E-state index contributed by atoms with van der Waals surface area (Å²) >= 11 is 0. The molecular formula is C5H2F4N+. The fourth-order valence-corrected chi connectivity index (χ4v) is 0.462. The molecule has 1 nitrogen and oxygen atoms in total. The Morgan fingerprint density at radius 1 is 1.20 bits per heavy atom. The summed E-state index contributed by atoms with van der Waals surface area (Å²) in [6, 6.07) is 0.485. The van der Waals surface area contributed by atoms with Gasteiger partial charge in [0, 0.05) is 6.07 Å². The molecule has 1 aromatic heterocycles. The van der Waals surface area contributed by atoms with Crippen LogP contribution in [0.1, 0.15) is 0 Å². The van der Waals surface area contributed by atoms with Crippen molar-refractivity contribution in [2.75, 3.05) is 0 Å². The van der Waals surface area contributed by atoms with Crippen LogP contribution in [0.2, 0.25) is 0 Å². The molecule has 1 heterocycles. The molecule has 0 saturated heterocycles. The molecule has 0 aliphatic heterocycles. The molecule has 0 N–H and O–H groups in total. The van der Waals surface area contributed by atoms with E-state index < -0.39 is 22.4 Å². The number of pyridine rings is 1. The zero-order valence-electron chi connectivity index (χ0n) is 4.61. The molecule has 0 unspecified atom stereocenters. The molecule has 0 amide bonds. The van der Waals surface area contributed by atoms with E-state index in [1.807, 2.05) is 0 Å². The molecule has 0 aliphatic carbocycles. The second-order valence-corrected chi connectivity index (χ2v) is 1.58. The summed E-state index contributed by atoms with van der Waals surface area (Å²) < 4.78 is 47.8. The number of hydrogen-bond donors (Lipinski definition) is 0. The molecule has 0 aromatic carbocycles. The first-order chi connectivity index (χ1) is 4.63. The van der Waals surface area contributed by atoms with Gasteiger partial charge in [0.15, 0.2) is 5.82 Å². The molecule has 0 spiro atoms. The quantitative estimate of drug-likeness (QED) is 0.387. The molecular weight excluding hydrogens is 150 g/mol. The van der Waals surface area contributed by atoms with Gasteiger partial charge in [-0.3, -0.25) is 0 Å². The van der Waals surface area contributed by atoms with E-state index in [4.69, 9.17) is 0 Å². The molecule has 10 heavy (non-hydrogen) atoms. The highest BCUT2D eigenvalue weighted by Crippen LogP contribution is 2.04. The Hall–Kier alpha value is -1.13. The average molecular weight is 152 g/mol. The molecule has 0 atom stereocenters. The third kappa shape index (κ3) is 0.940. The van der Waals surface area contributed by atoms with Crippen molar-refractivity contribution >= 4 is 0 Å². The van der Waals surface area contributed by atoms with E-state index in [0.29, 0.717) is 12.3 Å². The predicted octanol–water partition coefficient (Wildman–Crippen LogP) is 1.12. The van der Waals surface area contributed by atoms with Crippen molar-refractivity contribution in [2.45, 2.75) is 0 Å². The SMILES string of the molecule is Fc1cc[n+](F)c(F)c1F. The van der Waals surface area contributed by atoms with Gasteiger partial charge in [-0.15, -0.1) is 4.39 Å². The Balaban J connectivity index is 3.34. The first-order valence-corrected chi connectivity index (χ1v) is 2.34. The minimum absolute atomic E-state index is 0.438. The zero-order valence-corrected chi connectivity index (χ0v) is 4.61. The van der Waals surface area contributed by atoms with Crippen LogP contribution in [-0.2, 0) is 0 Å². The third-order valence-electron chi connectivity index (χ3n) is 0.930. The summed E-state index contributed by atoms with van der Waals surface area (Å²) in [5.74, 6) is -5.09. The molecule has 0 aliphatic rings. The molecule has 0 bridgehead atoms. The van der Waals surface area contributed by atoms with Crippen LogP contribution in [0.4, 0.5) is 17.7 Å². The maximum Gasteiger partial charge on any atom is 0.444 e. The van der Waals surface area contributed by atoms with Crippen molar-refractivity contribution < 1.29 is 22.4 Å². The Morgan fingerprint density at radius 3 is 2.30 bits per heavy atom. The van der Waals surface area contributed by atoms with E-state index >= 15 is 0 Å². The average Bonchev–Trinajstić information content (AvgIpc) is 1.93. The van der Waals surface area contributed by atoms with Crippen LogP contribution >= 0.6 is 0 Å². The van der Waals surface area contributed by atoms with Crippen molar-refractivity contribution in [2.24, 2.45) is 0 Å². The van der Waals surface area contributed by atoms with Gasteiger partial charge in [0.25, 0.3) is 5.82 Å². The molecule has 0 radical (unpaired) electrons. The van der Waals surface area contributed by atoms with Gasteiger partial charge >= 0.3 is 5.95 Å². The van der Waals surface area contributed by atoms with Gasteiger partial charge in [-0.25, -0.2) is 4.39 Å². The maximum atomic E-state index is 12.0. The minimum Gasteiger partial charge on any atom is -0.203 e. The van der Waals surface area contributed by atoms with Crippen molar-refractivity contribution in [3.8, 4) is 0 Å². The normalized spacial score (nSPS) is 10.0. The largest absolute Gasteiger partial charge is 0.444 e. The van der Waals surface area contributed by atoms with E-state index in [9.17, 15) is 17.7 Å². The zero-order chi connectivity index (χ0) is 7.72. The third-order valence-corrected chi connectivity index (χ3v) is 0.930. The van der Waals surface area contributed by atoms with E-state index in [1.165, 1.54) is 0 Å². The monoisotopic (exact) mass is 152 g/mol. The van der Waals surface area contributed by atoms with Crippen molar-refractivity contribution in [3.05, 3.63) is 29.8 Å². The highest BCUT2D eigenvalue weighted by Gasteiger charge is 2.21. The predicted molar refractivity (Wildman–Crippen MR) is 23.0 cm³/mol. The fourth-order valence-electron chi connectivity index (χ4n) is 0.462. The van der Waals surface area contributed by atoms with Crippen LogP contribution in [0.25, 0.3) is 0 Å². The van der Waals surface area contributed by atoms with E-state index in [-0.39, 0.29) is 0 Å². The van der Waals surface area contributed by atoms with Crippen LogP contribution < -0.4 is 4.79 Å². The number of hydrogen-bond acceptors (Lipinski definition) is 0. The lowest BCUT2D eigenvalue weighted by Crippen LogP contribution is -2.29. The summed E-state index contributed by atoms with van der Waals surface area (Å²) in [4.78, 5) is -0.640. The Labute approximate surface area is 53.5 Å². The molecule has 1 aromatic rings. The number of nitrogens with zero attached hydrogens (tertiary/aromatic N) is 1. The van der Waals surface area contributed by atoms with E-state index in [1.54, 1.807) is 0 Å². The maximum absolute atomic E-state index is 12.0. The topological polar surface area (TPSA) is 3.88 Å². The Morgan fingerprint density at radius 2 is 1.80 bits per heavy atom. The molecule has 0 saturated carbocycles. The van der Waals surface area contributed by atoms with Gasteiger partial charge in [0.05, 0.1) is 9.27 Å². The smallest absolute Gasteiger partial charge is 0.203 e. The lowest BCUT2D eigenvalue weighted by Gasteiger charge is -1.85. The number of halogens is 4. The molecule has 5 heteroatoms.